The van der Waals surface area contributed by atoms with Crippen molar-refractivity contribution < 1.29 is 23.9 Å². The standard InChI is InChI=1S/C26H18N2O5/c1-16-21(13-20-10-11-23(33-20)18-8-5-9-19(12-18)26(31)32)24(29)28(25(30)22(16)14-27)15-17-6-3-2-4-7-17/h2-13H,15H2,1H3,(H,31,32)/b21-13+. The fourth-order valence-electron chi connectivity index (χ4n) is 3.57. The average molecular weight is 438 g/mol. The average Bonchev–Trinajstić information content (AvgIpc) is 3.29. The van der Waals surface area contributed by atoms with E-state index in [9.17, 15) is 24.8 Å². The van der Waals surface area contributed by atoms with E-state index in [0.29, 0.717) is 17.1 Å². The molecule has 0 atom stereocenters. The number of carbonyl (C=O) groups is 3. The number of hydrogen-bond donors (Lipinski definition) is 1. The number of nitriles is 1. The van der Waals surface area contributed by atoms with E-state index in [1.54, 1.807) is 55.5 Å². The summed E-state index contributed by atoms with van der Waals surface area (Å²) in [6.45, 7) is 1.60. The Morgan fingerprint density at radius 3 is 2.52 bits per heavy atom. The van der Waals surface area contributed by atoms with Crippen LogP contribution in [0.25, 0.3) is 17.4 Å². The van der Waals surface area contributed by atoms with Gasteiger partial charge in [0, 0.05) is 11.1 Å². The van der Waals surface area contributed by atoms with Crippen LogP contribution in [-0.4, -0.2) is 27.8 Å². The molecule has 33 heavy (non-hydrogen) atoms. The van der Waals surface area contributed by atoms with Crippen molar-refractivity contribution in [3.8, 4) is 17.4 Å². The third kappa shape index (κ3) is 4.23. The Labute approximate surface area is 189 Å². The van der Waals surface area contributed by atoms with Gasteiger partial charge < -0.3 is 9.52 Å². The van der Waals surface area contributed by atoms with Gasteiger partial charge in [-0.15, -0.1) is 0 Å². The fourth-order valence-corrected chi connectivity index (χ4v) is 3.57. The lowest BCUT2D eigenvalue weighted by Gasteiger charge is -2.27. The van der Waals surface area contributed by atoms with Crippen LogP contribution in [0.5, 0.6) is 0 Å². The van der Waals surface area contributed by atoms with Crippen LogP contribution < -0.4 is 0 Å². The minimum absolute atomic E-state index is 0.0414. The Hall–Kier alpha value is -4.70. The summed E-state index contributed by atoms with van der Waals surface area (Å²) >= 11 is 0. The lowest BCUT2D eigenvalue weighted by Crippen LogP contribution is -2.42. The number of hydrogen-bond acceptors (Lipinski definition) is 5. The van der Waals surface area contributed by atoms with E-state index in [1.807, 2.05) is 12.1 Å². The first-order chi connectivity index (χ1) is 15.9. The molecule has 0 unspecified atom stereocenters. The van der Waals surface area contributed by atoms with Gasteiger partial charge in [0.25, 0.3) is 11.8 Å². The van der Waals surface area contributed by atoms with Crippen LogP contribution in [0, 0.1) is 11.3 Å². The van der Waals surface area contributed by atoms with Crippen LogP contribution in [-0.2, 0) is 16.1 Å². The molecule has 1 N–H and O–H groups in total. The van der Waals surface area contributed by atoms with Crippen molar-refractivity contribution in [2.45, 2.75) is 13.5 Å². The Bertz CT molecular complexity index is 1370. The third-order valence-electron chi connectivity index (χ3n) is 5.32. The summed E-state index contributed by atoms with van der Waals surface area (Å²) in [6.07, 6.45) is 1.49. The van der Waals surface area contributed by atoms with E-state index in [4.69, 9.17) is 4.42 Å². The Balaban J connectivity index is 1.71. The zero-order chi connectivity index (χ0) is 23.5. The zero-order valence-corrected chi connectivity index (χ0v) is 17.6. The van der Waals surface area contributed by atoms with Gasteiger partial charge in [-0.3, -0.25) is 14.5 Å². The number of carboxylic acid groups (broad SMARTS) is 1. The summed E-state index contributed by atoms with van der Waals surface area (Å²) in [6, 6.07) is 20.6. The third-order valence-corrected chi connectivity index (χ3v) is 5.32. The maximum absolute atomic E-state index is 13.2. The van der Waals surface area contributed by atoms with E-state index in [2.05, 4.69) is 0 Å². The van der Waals surface area contributed by atoms with Crippen LogP contribution in [0.15, 0.2) is 87.9 Å². The lowest BCUT2D eigenvalue weighted by atomic mass is 9.94. The van der Waals surface area contributed by atoms with Crippen LogP contribution in [0.1, 0.15) is 28.6 Å². The smallest absolute Gasteiger partial charge is 0.335 e. The summed E-state index contributed by atoms with van der Waals surface area (Å²) in [5.41, 5.74) is 1.82. The summed E-state index contributed by atoms with van der Waals surface area (Å²) in [5, 5.41) is 18.7. The lowest BCUT2D eigenvalue weighted by molar-refractivity contribution is -0.141. The predicted molar refractivity (Wildman–Crippen MR) is 119 cm³/mol. The molecular formula is C26H18N2O5. The Kier molecular flexibility index (Phi) is 5.75. The number of aromatic carboxylic acids is 1. The molecule has 0 saturated carbocycles. The van der Waals surface area contributed by atoms with E-state index >= 15 is 0 Å². The van der Waals surface area contributed by atoms with Gasteiger partial charge in [-0.25, -0.2) is 4.79 Å². The summed E-state index contributed by atoms with van der Waals surface area (Å²) in [7, 11) is 0. The van der Waals surface area contributed by atoms with Crippen molar-refractivity contribution >= 4 is 23.9 Å². The largest absolute Gasteiger partial charge is 0.478 e. The van der Waals surface area contributed by atoms with Crippen molar-refractivity contribution in [1.29, 1.82) is 5.26 Å². The molecule has 4 rings (SSSR count). The first kappa shape index (κ1) is 21.5. The predicted octanol–water partition coefficient (Wildman–Crippen LogP) is 4.44. The van der Waals surface area contributed by atoms with E-state index < -0.39 is 17.8 Å². The summed E-state index contributed by atoms with van der Waals surface area (Å²) in [4.78, 5) is 38.3. The second-order valence-electron chi connectivity index (χ2n) is 7.44. The van der Waals surface area contributed by atoms with Gasteiger partial charge in [0.2, 0.25) is 0 Å². The molecular weight excluding hydrogens is 420 g/mol. The number of carbonyl (C=O) groups excluding carboxylic acids is 2. The van der Waals surface area contributed by atoms with Gasteiger partial charge in [0.05, 0.1) is 12.1 Å². The molecule has 1 aliphatic heterocycles. The fraction of sp³-hybridized carbons (Fsp3) is 0.0769. The first-order valence-corrected chi connectivity index (χ1v) is 10.1. The molecule has 0 aliphatic carbocycles. The maximum atomic E-state index is 13.2. The van der Waals surface area contributed by atoms with Gasteiger partial charge in [0.15, 0.2) is 0 Å². The molecule has 162 valence electrons. The minimum Gasteiger partial charge on any atom is -0.478 e. The molecule has 7 nitrogen and oxygen atoms in total. The van der Waals surface area contributed by atoms with Gasteiger partial charge in [0.1, 0.15) is 23.2 Å². The molecule has 0 saturated heterocycles. The van der Waals surface area contributed by atoms with Crippen molar-refractivity contribution in [2.75, 3.05) is 0 Å². The first-order valence-electron chi connectivity index (χ1n) is 10.1. The summed E-state index contributed by atoms with van der Waals surface area (Å²) < 4.78 is 5.82. The molecule has 0 fully saturated rings. The Morgan fingerprint density at radius 2 is 1.82 bits per heavy atom. The number of furan rings is 1. The highest BCUT2D eigenvalue weighted by atomic mass is 16.4. The molecule has 7 heteroatoms. The molecule has 0 spiro atoms. The SMILES string of the molecule is CC1=C(C#N)C(=O)N(Cc2ccccc2)C(=O)/C1=C/c1ccc(-c2cccc(C(=O)O)c2)o1. The number of amides is 2. The zero-order valence-electron chi connectivity index (χ0n) is 17.6. The van der Waals surface area contributed by atoms with E-state index in [0.717, 1.165) is 10.5 Å². The topological polar surface area (TPSA) is 112 Å². The van der Waals surface area contributed by atoms with Gasteiger partial charge in [-0.05, 0) is 48.4 Å². The second-order valence-corrected chi connectivity index (χ2v) is 7.44. The normalized spacial score (nSPS) is 15.2. The van der Waals surface area contributed by atoms with Crippen LogP contribution in [0.4, 0.5) is 0 Å². The molecule has 3 aromatic rings. The quantitative estimate of drug-likeness (QED) is 0.466. The minimum atomic E-state index is -1.05. The highest BCUT2D eigenvalue weighted by Gasteiger charge is 2.35. The van der Waals surface area contributed by atoms with Crippen LogP contribution >= 0.6 is 0 Å². The monoisotopic (exact) mass is 438 g/mol. The number of rotatable bonds is 5. The van der Waals surface area contributed by atoms with Crippen molar-refractivity contribution in [1.82, 2.24) is 4.90 Å². The maximum Gasteiger partial charge on any atom is 0.335 e. The van der Waals surface area contributed by atoms with Crippen LogP contribution in [0.3, 0.4) is 0 Å². The van der Waals surface area contributed by atoms with Gasteiger partial charge >= 0.3 is 5.97 Å². The highest BCUT2D eigenvalue weighted by molar-refractivity contribution is 6.19. The molecule has 0 radical (unpaired) electrons. The molecule has 1 aromatic heterocycles. The Morgan fingerprint density at radius 1 is 1.06 bits per heavy atom. The number of carboxylic acids is 1. The van der Waals surface area contributed by atoms with Gasteiger partial charge in [-0.2, -0.15) is 5.26 Å². The van der Waals surface area contributed by atoms with Crippen molar-refractivity contribution in [3.05, 3.63) is 100 Å². The number of imide groups is 1. The second kappa shape index (κ2) is 8.81. The van der Waals surface area contributed by atoms with Crippen molar-refractivity contribution in [3.63, 3.8) is 0 Å². The molecule has 2 amide bonds. The van der Waals surface area contributed by atoms with Crippen molar-refractivity contribution in [2.24, 2.45) is 0 Å². The summed E-state index contributed by atoms with van der Waals surface area (Å²) in [5.74, 6) is -1.45. The van der Waals surface area contributed by atoms with E-state index in [1.165, 1.54) is 18.2 Å². The molecule has 1 aliphatic rings. The van der Waals surface area contributed by atoms with Gasteiger partial charge in [-0.1, -0.05) is 42.5 Å². The van der Waals surface area contributed by atoms with Crippen LogP contribution in [0.2, 0.25) is 0 Å². The van der Waals surface area contributed by atoms with E-state index in [-0.39, 0.29) is 28.8 Å². The highest BCUT2D eigenvalue weighted by Crippen LogP contribution is 2.30. The number of nitrogens with zero attached hydrogens (tertiary/aromatic N) is 2. The number of benzene rings is 2. The molecule has 2 aromatic carbocycles. The molecule has 0 bridgehead atoms. The molecule has 2 heterocycles.